The Kier molecular flexibility index (Phi) is 9.23. The molecule has 7 heteroatoms. The van der Waals surface area contributed by atoms with E-state index in [1.54, 1.807) is 6.92 Å². The average molecular weight is 296 g/mol. The van der Waals surface area contributed by atoms with Crippen molar-refractivity contribution in [2.75, 3.05) is 24.6 Å². The van der Waals surface area contributed by atoms with E-state index in [9.17, 15) is 9.59 Å². The molecule has 106 valence electrons. The molecule has 2 atom stereocenters. The van der Waals surface area contributed by atoms with Gasteiger partial charge in [0.05, 0.1) is 0 Å². The average Bonchev–Trinajstić information content (AvgIpc) is 2.30. The van der Waals surface area contributed by atoms with Crippen LogP contribution in [0.2, 0.25) is 0 Å². The van der Waals surface area contributed by atoms with Gasteiger partial charge in [-0.3, -0.25) is 9.59 Å². The second-order valence-corrected chi connectivity index (χ2v) is 5.26. The van der Waals surface area contributed by atoms with Crippen LogP contribution in [-0.2, 0) is 9.59 Å². The maximum absolute atomic E-state index is 11.7. The Morgan fingerprint density at radius 1 is 1.50 bits per heavy atom. The zero-order valence-corrected chi connectivity index (χ0v) is 12.5. The van der Waals surface area contributed by atoms with Gasteiger partial charge in [-0.15, -0.1) is 12.4 Å². The molecule has 0 aromatic carbocycles. The van der Waals surface area contributed by atoms with E-state index in [-0.39, 0.29) is 30.3 Å². The normalized spacial score (nSPS) is 20.4. The van der Waals surface area contributed by atoms with Gasteiger partial charge in [0, 0.05) is 37.1 Å². The van der Waals surface area contributed by atoms with E-state index >= 15 is 0 Å². The number of amides is 2. The molecule has 0 radical (unpaired) electrons. The first kappa shape index (κ1) is 17.5. The van der Waals surface area contributed by atoms with Crippen LogP contribution in [0.1, 0.15) is 20.3 Å². The van der Waals surface area contributed by atoms with Crippen LogP contribution >= 0.6 is 24.2 Å². The Hall–Kier alpha value is -0.460. The Bertz CT molecular complexity index is 273. The summed E-state index contributed by atoms with van der Waals surface area (Å²) in [6.07, 6.45) is 0.441. The summed E-state index contributed by atoms with van der Waals surface area (Å²) in [6, 6.07) is -0.228. The lowest BCUT2D eigenvalue weighted by Gasteiger charge is -2.23. The molecule has 0 aromatic rings. The Balaban J connectivity index is 0.00000289. The standard InChI is InChI=1S/C11H21N3O2S.ClH/c1-3-12-11(16)8(2)14-10(15)6-9-7-17-5-4-13-9;/h8-9,13H,3-7H2,1-2H3,(H,12,16)(H,14,15);1H. The van der Waals surface area contributed by atoms with Crippen molar-refractivity contribution in [2.24, 2.45) is 0 Å². The third-order valence-corrected chi connectivity index (χ3v) is 3.68. The first-order chi connectivity index (χ1) is 8.13. The van der Waals surface area contributed by atoms with Crippen LogP contribution in [-0.4, -0.2) is 48.5 Å². The molecule has 1 rings (SSSR count). The zero-order chi connectivity index (χ0) is 12.7. The minimum Gasteiger partial charge on any atom is -0.355 e. The smallest absolute Gasteiger partial charge is 0.242 e. The van der Waals surface area contributed by atoms with Crippen molar-refractivity contribution < 1.29 is 9.59 Å². The predicted octanol–water partition coefficient (Wildman–Crippen LogP) is 0.144. The summed E-state index contributed by atoms with van der Waals surface area (Å²) in [7, 11) is 0. The largest absolute Gasteiger partial charge is 0.355 e. The molecule has 0 spiro atoms. The number of hydrogen-bond acceptors (Lipinski definition) is 4. The highest BCUT2D eigenvalue weighted by molar-refractivity contribution is 7.99. The summed E-state index contributed by atoms with van der Waals surface area (Å²) in [5.41, 5.74) is 0. The second-order valence-electron chi connectivity index (χ2n) is 4.11. The number of thioether (sulfide) groups is 1. The van der Waals surface area contributed by atoms with E-state index < -0.39 is 6.04 Å². The van der Waals surface area contributed by atoms with Crippen molar-refractivity contribution in [3.8, 4) is 0 Å². The molecular weight excluding hydrogens is 274 g/mol. The molecule has 1 fully saturated rings. The fourth-order valence-corrected chi connectivity index (χ4v) is 2.62. The van der Waals surface area contributed by atoms with Gasteiger partial charge in [-0.2, -0.15) is 11.8 Å². The molecular formula is C11H22ClN3O2S. The third-order valence-electron chi connectivity index (χ3n) is 2.55. The summed E-state index contributed by atoms with van der Waals surface area (Å²) in [6.45, 7) is 5.09. The van der Waals surface area contributed by atoms with E-state index in [1.807, 2.05) is 18.7 Å². The van der Waals surface area contributed by atoms with Gasteiger partial charge in [0.25, 0.3) is 0 Å². The van der Waals surface area contributed by atoms with Gasteiger partial charge in [-0.25, -0.2) is 0 Å². The predicted molar refractivity (Wildman–Crippen MR) is 77.3 cm³/mol. The monoisotopic (exact) mass is 295 g/mol. The summed E-state index contributed by atoms with van der Waals surface area (Å²) in [5, 5.41) is 8.69. The SMILES string of the molecule is CCNC(=O)C(C)NC(=O)CC1CSCCN1.Cl. The molecule has 0 saturated carbocycles. The first-order valence-electron chi connectivity index (χ1n) is 6.01. The van der Waals surface area contributed by atoms with Crippen LogP contribution in [0, 0.1) is 0 Å². The maximum atomic E-state index is 11.7. The number of likely N-dealkylation sites (N-methyl/N-ethyl adjacent to an activating group) is 1. The second kappa shape index (κ2) is 9.47. The van der Waals surface area contributed by atoms with Gasteiger partial charge < -0.3 is 16.0 Å². The number of halogens is 1. The Labute approximate surface area is 119 Å². The number of nitrogens with one attached hydrogen (secondary N) is 3. The fraction of sp³-hybridized carbons (Fsp3) is 0.818. The highest BCUT2D eigenvalue weighted by atomic mass is 35.5. The van der Waals surface area contributed by atoms with Crippen molar-refractivity contribution in [2.45, 2.75) is 32.4 Å². The lowest BCUT2D eigenvalue weighted by atomic mass is 10.2. The molecule has 2 amide bonds. The highest BCUT2D eigenvalue weighted by Crippen LogP contribution is 2.09. The Morgan fingerprint density at radius 2 is 2.22 bits per heavy atom. The van der Waals surface area contributed by atoms with Crippen molar-refractivity contribution in [1.29, 1.82) is 0 Å². The van der Waals surface area contributed by atoms with Crippen molar-refractivity contribution in [1.82, 2.24) is 16.0 Å². The van der Waals surface area contributed by atoms with Crippen LogP contribution in [0.4, 0.5) is 0 Å². The van der Waals surface area contributed by atoms with Gasteiger partial charge in [-0.05, 0) is 13.8 Å². The molecule has 1 saturated heterocycles. The van der Waals surface area contributed by atoms with Gasteiger partial charge in [0.2, 0.25) is 11.8 Å². The van der Waals surface area contributed by atoms with Gasteiger partial charge in [0.1, 0.15) is 6.04 Å². The van der Waals surface area contributed by atoms with E-state index in [4.69, 9.17) is 0 Å². The molecule has 3 N–H and O–H groups in total. The fourth-order valence-electron chi connectivity index (χ4n) is 1.67. The van der Waals surface area contributed by atoms with E-state index in [0.717, 1.165) is 18.1 Å². The quantitative estimate of drug-likeness (QED) is 0.675. The van der Waals surface area contributed by atoms with Crippen molar-refractivity contribution in [3.05, 3.63) is 0 Å². The molecule has 1 aliphatic heterocycles. The summed E-state index contributed by atoms with van der Waals surface area (Å²) < 4.78 is 0. The van der Waals surface area contributed by atoms with Crippen LogP contribution < -0.4 is 16.0 Å². The molecule has 1 aliphatic rings. The molecule has 5 nitrogen and oxygen atoms in total. The number of carbonyl (C=O) groups is 2. The van der Waals surface area contributed by atoms with Crippen LogP contribution in [0.25, 0.3) is 0 Å². The van der Waals surface area contributed by atoms with Crippen molar-refractivity contribution >= 4 is 36.0 Å². The minimum atomic E-state index is -0.460. The lowest BCUT2D eigenvalue weighted by molar-refractivity contribution is -0.128. The maximum Gasteiger partial charge on any atom is 0.242 e. The molecule has 2 unspecified atom stereocenters. The minimum absolute atomic E-state index is 0. The Morgan fingerprint density at radius 3 is 2.78 bits per heavy atom. The summed E-state index contributed by atoms with van der Waals surface area (Å²) in [4.78, 5) is 23.1. The van der Waals surface area contributed by atoms with Gasteiger partial charge >= 0.3 is 0 Å². The molecule has 1 heterocycles. The molecule has 0 bridgehead atoms. The lowest BCUT2D eigenvalue weighted by Crippen LogP contribution is -2.47. The third kappa shape index (κ3) is 6.47. The van der Waals surface area contributed by atoms with Gasteiger partial charge in [0.15, 0.2) is 0 Å². The van der Waals surface area contributed by atoms with Crippen LogP contribution in [0.5, 0.6) is 0 Å². The van der Waals surface area contributed by atoms with Crippen LogP contribution in [0.3, 0.4) is 0 Å². The zero-order valence-electron chi connectivity index (χ0n) is 10.8. The first-order valence-corrected chi connectivity index (χ1v) is 7.17. The highest BCUT2D eigenvalue weighted by Gasteiger charge is 2.19. The molecule has 0 aliphatic carbocycles. The van der Waals surface area contributed by atoms with Crippen molar-refractivity contribution in [3.63, 3.8) is 0 Å². The van der Waals surface area contributed by atoms with Gasteiger partial charge in [-0.1, -0.05) is 0 Å². The summed E-state index contributed by atoms with van der Waals surface area (Å²) in [5.74, 6) is 1.87. The molecule has 0 aromatic heterocycles. The number of rotatable bonds is 5. The van der Waals surface area contributed by atoms with E-state index in [1.165, 1.54) is 0 Å². The van der Waals surface area contributed by atoms with E-state index in [2.05, 4.69) is 16.0 Å². The number of carbonyl (C=O) groups excluding carboxylic acids is 2. The topological polar surface area (TPSA) is 70.2 Å². The van der Waals surface area contributed by atoms with E-state index in [0.29, 0.717) is 13.0 Å². The summed E-state index contributed by atoms with van der Waals surface area (Å²) >= 11 is 1.86. The molecule has 18 heavy (non-hydrogen) atoms. The number of hydrogen-bond donors (Lipinski definition) is 3. The van der Waals surface area contributed by atoms with Crippen LogP contribution in [0.15, 0.2) is 0 Å².